The summed E-state index contributed by atoms with van der Waals surface area (Å²) in [5, 5.41) is 13.7. The van der Waals surface area contributed by atoms with E-state index in [9.17, 15) is 18.0 Å². The highest BCUT2D eigenvalue weighted by atomic mass is 32.1. The van der Waals surface area contributed by atoms with E-state index in [-0.39, 0.29) is 16.8 Å². The fourth-order valence-electron chi connectivity index (χ4n) is 4.64. The minimum absolute atomic E-state index is 0.148. The van der Waals surface area contributed by atoms with E-state index < -0.39 is 12.6 Å². The van der Waals surface area contributed by atoms with Gasteiger partial charge in [0, 0.05) is 40.5 Å². The zero-order valence-corrected chi connectivity index (χ0v) is 19.6. The number of aryl methyl sites for hydroxylation is 1. The molecule has 35 heavy (non-hydrogen) atoms. The molecule has 1 saturated heterocycles. The smallest absolute Gasteiger partial charge is 0.354 e. The van der Waals surface area contributed by atoms with E-state index in [1.165, 1.54) is 12.4 Å². The van der Waals surface area contributed by atoms with Crippen LogP contribution in [0, 0.1) is 18.3 Å². The van der Waals surface area contributed by atoms with Gasteiger partial charge in [-0.3, -0.25) is 4.79 Å². The lowest BCUT2D eigenvalue weighted by Gasteiger charge is -2.34. The molecule has 0 saturated carbocycles. The Morgan fingerprint density at radius 2 is 2.14 bits per heavy atom. The molecule has 1 atom stereocenters. The lowest BCUT2D eigenvalue weighted by Crippen LogP contribution is -2.48. The number of halogens is 3. The van der Waals surface area contributed by atoms with Gasteiger partial charge in [-0.05, 0) is 49.6 Å². The zero-order chi connectivity index (χ0) is 24.7. The molecule has 5 rings (SSSR count). The number of carbonyl (C=O) groups is 1. The van der Waals surface area contributed by atoms with Gasteiger partial charge in [-0.15, -0.1) is 11.3 Å². The first kappa shape index (κ1) is 23.1. The summed E-state index contributed by atoms with van der Waals surface area (Å²) < 4.78 is 38.6. The van der Waals surface area contributed by atoms with Crippen LogP contribution in [0.15, 0.2) is 30.6 Å². The summed E-state index contributed by atoms with van der Waals surface area (Å²) >= 11 is 1.03. The average molecular weight is 499 g/mol. The number of nitrogens with zero attached hydrogens (tertiary/aromatic N) is 4. The van der Waals surface area contributed by atoms with Crippen LogP contribution in [0.3, 0.4) is 0 Å². The molecule has 1 amide bonds. The van der Waals surface area contributed by atoms with Crippen molar-refractivity contribution in [3.63, 3.8) is 0 Å². The van der Waals surface area contributed by atoms with E-state index in [0.717, 1.165) is 40.6 Å². The summed E-state index contributed by atoms with van der Waals surface area (Å²) in [6.07, 6.45) is -2.32. The molecule has 11 heteroatoms. The minimum atomic E-state index is -4.29. The van der Waals surface area contributed by atoms with Gasteiger partial charge in [-0.25, -0.2) is 9.97 Å². The number of alkyl halides is 3. The predicted molar refractivity (Wildman–Crippen MR) is 128 cm³/mol. The third-order valence-corrected chi connectivity index (χ3v) is 7.27. The number of H-pyrrole nitrogens is 1. The fraction of sp³-hybridized carbons (Fsp3) is 0.333. The monoisotopic (exact) mass is 498 g/mol. The number of piperidine rings is 1. The van der Waals surface area contributed by atoms with Crippen LogP contribution in [0.4, 0.5) is 19.0 Å². The molecule has 0 spiro atoms. The van der Waals surface area contributed by atoms with Crippen molar-refractivity contribution in [2.45, 2.75) is 38.4 Å². The Balaban J connectivity index is 1.35. The number of carbonyl (C=O) groups excluding carboxylic acids is 1. The molecule has 0 radical (unpaired) electrons. The van der Waals surface area contributed by atoms with Gasteiger partial charge in [0.1, 0.15) is 28.7 Å². The number of aromatic amines is 1. The molecule has 4 heterocycles. The second-order valence-corrected chi connectivity index (χ2v) is 9.79. The molecule has 0 aliphatic carbocycles. The second kappa shape index (κ2) is 8.85. The van der Waals surface area contributed by atoms with Crippen molar-refractivity contribution in [3.05, 3.63) is 52.3 Å². The van der Waals surface area contributed by atoms with Crippen LogP contribution in [0.1, 0.15) is 39.3 Å². The van der Waals surface area contributed by atoms with Crippen LogP contribution in [-0.2, 0) is 6.42 Å². The van der Waals surface area contributed by atoms with Crippen molar-refractivity contribution < 1.29 is 18.0 Å². The highest BCUT2D eigenvalue weighted by molar-refractivity contribution is 7.18. The van der Waals surface area contributed by atoms with Crippen molar-refractivity contribution in [1.29, 1.82) is 5.26 Å². The summed E-state index contributed by atoms with van der Waals surface area (Å²) in [7, 11) is 0. The SMILES string of the molecule is Cc1c(C(=O)NC2CCCN(c3ncnc4sc(CC(F)(F)F)cc34)C2)ccc2[nH]c(C#N)cc12. The van der Waals surface area contributed by atoms with Gasteiger partial charge in [-0.1, -0.05) is 0 Å². The van der Waals surface area contributed by atoms with Gasteiger partial charge in [0.25, 0.3) is 5.91 Å². The Morgan fingerprint density at radius 3 is 2.91 bits per heavy atom. The fourth-order valence-corrected chi connectivity index (χ4v) is 5.66. The Morgan fingerprint density at radius 1 is 1.31 bits per heavy atom. The lowest BCUT2D eigenvalue weighted by atomic mass is 10.0. The summed E-state index contributed by atoms with van der Waals surface area (Å²) in [5.41, 5.74) is 2.56. The molecule has 180 valence electrons. The molecule has 1 unspecified atom stereocenters. The van der Waals surface area contributed by atoms with E-state index in [1.807, 2.05) is 11.8 Å². The van der Waals surface area contributed by atoms with Crippen molar-refractivity contribution in [2.24, 2.45) is 0 Å². The van der Waals surface area contributed by atoms with Gasteiger partial charge < -0.3 is 15.2 Å². The van der Waals surface area contributed by atoms with Gasteiger partial charge in [0.05, 0.1) is 11.8 Å². The first-order chi connectivity index (χ1) is 16.7. The Bertz CT molecular complexity index is 1470. The summed E-state index contributed by atoms with van der Waals surface area (Å²) in [6.45, 7) is 3.03. The highest BCUT2D eigenvalue weighted by Crippen LogP contribution is 2.34. The number of rotatable bonds is 4. The molecule has 1 aliphatic rings. The van der Waals surface area contributed by atoms with Crippen LogP contribution in [0.5, 0.6) is 0 Å². The molecule has 3 aromatic heterocycles. The predicted octanol–water partition coefficient (Wildman–Crippen LogP) is 4.86. The molecule has 1 aliphatic heterocycles. The molecule has 1 fully saturated rings. The van der Waals surface area contributed by atoms with Gasteiger partial charge >= 0.3 is 6.18 Å². The van der Waals surface area contributed by atoms with Crippen LogP contribution < -0.4 is 10.2 Å². The topological polar surface area (TPSA) is 97.7 Å². The molecule has 2 N–H and O–H groups in total. The van der Waals surface area contributed by atoms with Crippen molar-refractivity contribution >= 4 is 44.2 Å². The van der Waals surface area contributed by atoms with Gasteiger partial charge in [-0.2, -0.15) is 18.4 Å². The third kappa shape index (κ3) is 4.66. The number of nitrogens with one attached hydrogen (secondary N) is 2. The first-order valence-corrected chi connectivity index (χ1v) is 11.9. The summed E-state index contributed by atoms with van der Waals surface area (Å²) in [4.78, 5) is 27.4. The largest absolute Gasteiger partial charge is 0.393 e. The maximum absolute atomic E-state index is 13.1. The Kier molecular flexibility index (Phi) is 5.84. The van der Waals surface area contributed by atoms with Crippen LogP contribution >= 0.6 is 11.3 Å². The van der Waals surface area contributed by atoms with E-state index in [4.69, 9.17) is 5.26 Å². The number of benzene rings is 1. The normalized spacial score (nSPS) is 16.5. The molecular formula is C24H21F3N6OS. The van der Waals surface area contributed by atoms with E-state index in [1.54, 1.807) is 18.2 Å². The quantitative estimate of drug-likeness (QED) is 0.419. The van der Waals surface area contributed by atoms with E-state index in [0.29, 0.717) is 40.4 Å². The number of hydrogen-bond acceptors (Lipinski definition) is 6. The van der Waals surface area contributed by atoms with Crippen LogP contribution in [0.2, 0.25) is 0 Å². The van der Waals surface area contributed by atoms with E-state index >= 15 is 0 Å². The van der Waals surface area contributed by atoms with Crippen LogP contribution in [-0.4, -0.2) is 46.2 Å². The molecule has 0 bridgehead atoms. The van der Waals surface area contributed by atoms with Crippen molar-refractivity contribution in [2.75, 3.05) is 18.0 Å². The van der Waals surface area contributed by atoms with E-state index in [2.05, 4.69) is 26.3 Å². The number of nitriles is 1. The average Bonchev–Trinajstić information content (AvgIpc) is 3.41. The number of aromatic nitrogens is 3. The third-order valence-electron chi connectivity index (χ3n) is 6.23. The standard InChI is InChI=1S/C24H21F3N6OS/c1-13-17(4-5-20-18(13)7-15(10-28)31-20)22(34)32-14-3-2-6-33(11-14)21-19-8-16(9-24(25,26)27)35-23(19)30-12-29-21/h4-5,7-8,12,14,31H,2-3,6,9,11H2,1H3,(H,32,34). The zero-order valence-electron chi connectivity index (χ0n) is 18.7. The Hall–Kier alpha value is -3.65. The summed E-state index contributed by atoms with van der Waals surface area (Å²) in [5.74, 6) is 0.388. The minimum Gasteiger partial charge on any atom is -0.354 e. The number of hydrogen-bond donors (Lipinski definition) is 2. The first-order valence-electron chi connectivity index (χ1n) is 11.1. The molecular weight excluding hydrogens is 477 g/mol. The molecule has 4 aromatic rings. The van der Waals surface area contributed by atoms with Gasteiger partial charge in [0.15, 0.2) is 0 Å². The van der Waals surface area contributed by atoms with Crippen LogP contribution in [0.25, 0.3) is 21.1 Å². The highest BCUT2D eigenvalue weighted by Gasteiger charge is 2.30. The molecule has 7 nitrogen and oxygen atoms in total. The Labute approximate surface area is 202 Å². The lowest BCUT2D eigenvalue weighted by molar-refractivity contribution is -0.126. The van der Waals surface area contributed by atoms with Crippen molar-refractivity contribution in [1.82, 2.24) is 20.3 Å². The number of fused-ring (bicyclic) bond motifs is 2. The summed E-state index contributed by atoms with van der Waals surface area (Å²) in [6, 6.07) is 8.72. The number of thiophene rings is 1. The molecule has 1 aromatic carbocycles. The second-order valence-electron chi connectivity index (χ2n) is 8.67. The maximum atomic E-state index is 13.1. The van der Waals surface area contributed by atoms with Gasteiger partial charge in [0.2, 0.25) is 0 Å². The van der Waals surface area contributed by atoms with Crippen molar-refractivity contribution in [3.8, 4) is 6.07 Å². The number of amides is 1. The maximum Gasteiger partial charge on any atom is 0.393 e. The number of anilines is 1.